The zero-order chi connectivity index (χ0) is 55.1. The predicted molar refractivity (Wildman–Crippen MR) is 277 cm³/mol. The number of piperidine rings is 2. The van der Waals surface area contributed by atoms with E-state index in [-0.39, 0.29) is 11.8 Å². The minimum Gasteiger partial charge on any atom is -0.467 e. The quantitative estimate of drug-likeness (QED) is 0.106. The van der Waals surface area contributed by atoms with Crippen LogP contribution >= 0.6 is 0 Å². The topological polar surface area (TPSA) is 201 Å². The van der Waals surface area contributed by atoms with E-state index in [0.29, 0.717) is 41.2 Å². The van der Waals surface area contributed by atoms with Crippen molar-refractivity contribution in [3.8, 4) is 17.2 Å². The summed E-state index contributed by atoms with van der Waals surface area (Å²) in [5.74, 6) is -1.98. The summed E-state index contributed by atoms with van der Waals surface area (Å²) in [6.07, 6.45) is 3.40. The number of carbonyl (C=O) groups is 6. The lowest BCUT2D eigenvalue weighted by Gasteiger charge is -2.46. The fourth-order valence-electron chi connectivity index (χ4n) is 12.8. The molecule has 0 unspecified atom stereocenters. The van der Waals surface area contributed by atoms with Crippen molar-refractivity contribution in [2.24, 2.45) is 29.6 Å². The molecular weight excluding hydrogens is 981 g/mol. The van der Waals surface area contributed by atoms with Gasteiger partial charge in [-0.3, -0.25) is 29.0 Å². The Labute approximate surface area is 448 Å². The van der Waals surface area contributed by atoms with E-state index in [1.807, 2.05) is 32.9 Å². The van der Waals surface area contributed by atoms with Crippen molar-refractivity contribution in [2.45, 2.75) is 189 Å². The van der Waals surface area contributed by atoms with Crippen LogP contribution in [0.2, 0.25) is 0 Å². The van der Waals surface area contributed by atoms with Gasteiger partial charge in [-0.15, -0.1) is 0 Å². The molecule has 4 saturated heterocycles. The number of hydrogen-bond donors (Lipinski definition) is 0. The molecule has 4 aliphatic heterocycles. The standard InChI is InChI=1S/2C29H41NO8/c1-7-12-30-13-8-9-21-14-22-20(15-23(21)30)10-11-24(27(22)36-19(5)32)37-29-26(35-18(4)31)17(3)16(2)25(38-29)28(33)34-6;1-7-12-30-13-8-9-21-14-22-20(15-23(21)30)11-10-16(2)24(22)37-29-27(36-19(5)32)25(35-18(4)31)17(3)26(38-29)28(33)34-6/h10-11,16-17,21,23,25-26,29H,7-9,12-15H2,1-6H3;10-11,17,21,23,25-27,29H,7-9,12-15H2,1-6H3/t16-,17-,21+,23+,25-,26+,29+;17-,21+,23+,25-,26-,27+,29+/m00/s1. The van der Waals surface area contributed by atoms with Crippen LogP contribution in [0.25, 0.3) is 0 Å². The highest BCUT2D eigenvalue weighted by molar-refractivity contribution is 5.76. The van der Waals surface area contributed by atoms with Crippen molar-refractivity contribution in [1.29, 1.82) is 0 Å². The first kappa shape index (κ1) is 58.4. The molecule has 4 fully saturated rings. The lowest BCUT2D eigenvalue weighted by atomic mass is 9.74. The molecule has 14 atom stereocenters. The normalized spacial score (nSPS) is 30.9. The average Bonchev–Trinajstić information content (AvgIpc) is 3.38. The SMILES string of the molecule is CCCN1CCC[C@@H]2Cc3c(ccc(C)c3O[C@@H]3O[C@H](C(=O)OC)[C@@H](C)[C@H](OC(C)=O)[C@H]3OC(C)=O)C[C@H]21.CCCN1CCC[C@@H]2Cc3c(ccc(O[C@@H]4O[C@H](C(=O)OC)[C@@H](C)[C@H](C)[C@H]4OC(C)=O)c3OC(C)=O)C[C@H]21. The number of esters is 6. The van der Waals surface area contributed by atoms with Crippen molar-refractivity contribution in [1.82, 2.24) is 9.80 Å². The van der Waals surface area contributed by atoms with Crippen molar-refractivity contribution < 1.29 is 76.1 Å². The van der Waals surface area contributed by atoms with Crippen molar-refractivity contribution in [3.63, 3.8) is 0 Å². The fraction of sp³-hybridized carbons (Fsp3) is 0.690. The van der Waals surface area contributed by atoms with E-state index in [4.69, 9.17) is 47.4 Å². The van der Waals surface area contributed by atoms with Crippen LogP contribution in [0.1, 0.15) is 129 Å². The van der Waals surface area contributed by atoms with E-state index in [2.05, 4.69) is 29.7 Å². The second-order valence-electron chi connectivity index (χ2n) is 21.7. The summed E-state index contributed by atoms with van der Waals surface area (Å²) in [6.45, 7) is 21.6. The summed E-state index contributed by atoms with van der Waals surface area (Å²) < 4.78 is 57.5. The lowest BCUT2D eigenvalue weighted by molar-refractivity contribution is -0.266. The summed E-state index contributed by atoms with van der Waals surface area (Å²) in [5, 5.41) is 0. The fourth-order valence-corrected chi connectivity index (χ4v) is 12.8. The molecule has 0 aromatic heterocycles. The third-order valence-corrected chi connectivity index (χ3v) is 16.5. The molecule has 0 N–H and O–H groups in total. The summed E-state index contributed by atoms with van der Waals surface area (Å²) >= 11 is 0. The van der Waals surface area contributed by atoms with Crippen LogP contribution in [-0.4, -0.2) is 141 Å². The third kappa shape index (κ3) is 13.2. The van der Waals surface area contributed by atoms with Gasteiger partial charge in [0.1, 0.15) is 5.75 Å². The minimum absolute atomic E-state index is 0.260. The maximum atomic E-state index is 12.6. The van der Waals surface area contributed by atoms with Gasteiger partial charge in [-0.1, -0.05) is 52.8 Å². The number of nitrogens with zero attached hydrogens (tertiary/aromatic N) is 2. The number of rotatable bonds is 14. The van der Waals surface area contributed by atoms with Crippen LogP contribution in [0.3, 0.4) is 0 Å². The van der Waals surface area contributed by atoms with Gasteiger partial charge in [0.05, 0.1) is 14.2 Å². The van der Waals surface area contributed by atoms with E-state index < -0.39 is 84.8 Å². The minimum atomic E-state index is -1.17. The van der Waals surface area contributed by atoms with Gasteiger partial charge in [0.2, 0.25) is 18.7 Å². The molecule has 0 bridgehead atoms. The molecule has 4 heterocycles. The molecule has 0 radical (unpaired) electrons. The van der Waals surface area contributed by atoms with Crippen LogP contribution in [-0.2, 0) is 87.6 Å². The van der Waals surface area contributed by atoms with Gasteiger partial charge in [-0.25, -0.2) is 9.59 Å². The maximum Gasteiger partial charge on any atom is 0.335 e. The molecule has 2 aromatic rings. The summed E-state index contributed by atoms with van der Waals surface area (Å²) in [4.78, 5) is 78.6. The van der Waals surface area contributed by atoms with Gasteiger partial charge < -0.3 is 47.4 Å². The number of methoxy groups -OCH3 is 2. The molecule has 2 aliphatic carbocycles. The highest BCUT2D eigenvalue weighted by atomic mass is 16.7. The van der Waals surface area contributed by atoms with Crippen LogP contribution in [0.4, 0.5) is 0 Å². The molecule has 8 rings (SSSR count). The van der Waals surface area contributed by atoms with Gasteiger partial charge in [-0.05, 0) is 143 Å². The van der Waals surface area contributed by atoms with Crippen LogP contribution < -0.4 is 14.2 Å². The highest BCUT2D eigenvalue weighted by Gasteiger charge is 2.53. The zero-order valence-corrected chi connectivity index (χ0v) is 46.7. The lowest BCUT2D eigenvalue weighted by Crippen LogP contribution is -2.60. The van der Waals surface area contributed by atoms with Crippen LogP contribution in [0.5, 0.6) is 17.2 Å². The highest BCUT2D eigenvalue weighted by Crippen LogP contribution is 2.46. The third-order valence-electron chi connectivity index (χ3n) is 16.5. The van der Waals surface area contributed by atoms with E-state index >= 15 is 0 Å². The number of carbonyl (C=O) groups excluding carboxylic acids is 6. The monoisotopic (exact) mass is 1060 g/mol. The second kappa shape index (κ2) is 25.9. The molecule has 18 heteroatoms. The number of hydrogen-bond acceptors (Lipinski definition) is 18. The zero-order valence-electron chi connectivity index (χ0n) is 46.7. The number of aryl methyl sites for hydroxylation is 1. The molecular formula is C58H82N2O16. The first-order valence-electron chi connectivity index (χ1n) is 27.5. The van der Waals surface area contributed by atoms with Gasteiger partial charge in [0, 0.05) is 57.2 Å². The van der Waals surface area contributed by atoms with Crippen molar-refractivity contribution in [3.05, 3.63) is 52.1 Å². The van der Waals surface area contributed by atoms with E-state index in [0.717, 1.165) is 99.8 Å². The van der Waals surface area contributed by atoms with Gasteiger partial charge in [0.25, 0.3) is 0 Å². The number of benzene rings is 2. The Morgan fingerprint density at radius 1 is 0.566 bits per heavy atom. The molecule has 0 saturated carbocycles. The van der Waals surface area contributed by atoms with Crippen LogP contribution in [0.15, 0.2) is 24.3 Å². The first-order valence-corrected chi connectivity index (χ1v) is 27.5. The Bertz CT molecular complexity index is 2410. The Morgan fingerprint density at radius 2 is 1.04 bits per heavy atom. The van der Waals surface area contributed by atoms with E-state index in [1.54, 1.807) is 13.0 Å². The van der Waals surface area contributed by atoms with E-state index in [1.165, 1.54) is 60.3 Å². The first-order chi connectivity index (χ1) is 36.3. The maximum absolute atomic E-state index is 12.6. The molecule has 0 spiro atoms. The number of ether oxygens (including phenoxy) is 10. The molecule has 18 nitrogen and oxygen atoms in total. The Kier molecular flexibility index (Phi) is 19.9. The average molecular weight is 1060 g/mol. The van der Waals surface area contributed by atoms with Gasteiger partial charge >= 0.3 is 35.8 Å². The van der Waals surface area contributed by atoms with Gasteiger partial charge in [-0.2, -0.15) is 0 Å². The molecule has 6 aliphatic rings. The molecule has 76 heavy (non-hydrogen) atoms. The Hall–Kier alpha value is -5.30. The smallest absolute Gasteiger partial charge is 0.335 e. The molecule has 0 amide bonds. The predicted octanol–water partition coefficient (Wildman–Crippen LogP) is 7.04. The summed E-state index contributed by atoms with van der Waals surface area (Å²) in [5.41, 5.74) is 5.42. The second-order valence-corrected chi connectivity index (χ2v) is 21.7. The van der Waals surface area contributed by atoms with Gasteiger partial charge in [0.15, 0.2) is 35.9 Å². The summed E-state index contributed by atoms with van der Waals surface area (Å²) in [6, 6.07) is 9.03. The molecule has 420 valence electrons. The van der Waals surface area contributed by atoms with Crippen molar-refractivity contribution in [2.75, 3.05) is 40.4 Å². The molecule has 2 aromatic carbocycles. The largest absolute Gasteiger partial charge is 0.467 e. The summed E-state index contributed by atoms with van der Waals surface area (Å²) in [7, 11) is 2.58. The van der Waals surface area contributed by atoms with E-state index in [9.17, 15) is 28.8 Å². The van der Waals surface area contributed by atoms with Crippen molar-refractivity contribution >= 4 is 35.8 Å². The Morgan fingerprint density at radius 3 is 1.54 bits per heavy atom. The van der Waals surface area contributed by atoms with Crippen LogP contribution in [0, 0.1) is 36.5 Å². The Balaban J connectivity index is 0.000000221. The number of fused-ring (bicyclic) bond motifs is 4. The number of likely N-dealkylation sites (tertiary alicyclic amines) is 2.